The Morgan fingerprint density at radius 3 is 1.59 bits per heavy atom. The number of rotatable bonds is 4. The van der Waals surface area contributed by atoms with Crippen molar-refractivity contribution in [3.05, 3.63) is 0 Å². The van der Waals surface area contributed by atoms with Crippen LogP contribution in [0.15, 0.2) is 0 Å². The van der Waals surface area contributed by atoms with Gasteiger partial charge in [-0.2, -0.15) is 9.78 Å². The molecule has 0 aromatic rings. The average Bonchev–Trinajstić information content (AvgIpc) is 2.47. The predicted molar refractivity (Wildman–Crippen MR) is 44.4 cm³/mol. The van der Waals surface area contributed by atoms with Crippen molar-refractivity contribution >= 4 is 23.9 Å². The molecule has 0 amide bonds. The largest absolute Gasteiger partial charge is 0.389 e. The Hall–Kier alpha value is -2.00. The van der Waals surface area contributed by atoms with Gasteiger partial charge in [0.2, 0.25) is 12.2 Å². The number of hydrogen-bond acceptors (Lipinski definition) is 9. The zero-order valence-corrected chi connectivity index (χ0v) is 8.83. The fourth-order valence-corrected chi connectivity index (χ4v) is 0.881. The highest BCUT2D eigenvalue weighted by atomic mass is 17.2. The first-order chi connectivity index (χ1) is 7.91. The smallest absolute Gasteiger partial charge is 0.351 e. The second kappa shape index (κ2) is 5.37. The number of carbonyl (C=O) groups excluding carboxylic acids is 4. The van der Waals surface area contributed by atoms with E-state index in [1.807, 2.05) is 0 Å². The summed E-state index contributed by atoms with van der Waals surface area (Å²) in [5.41, 5.74) is 0. The van der Waals surface area contributed by atoms with Crippen LogP contribution in [0.5, 0.6) is 0 Å². The first kappa shape index (κ1) is 13.1. The van der Waals surface area contributed by atoms with Crippen LogP contribution in [0.25, 0.3) is 0 Å². The molecule has 1 heterocycles. The minimum absolute atomic E-state index is 0.844. The van der Waals surface area contributed by atoms with Crippen LogP contribution < -0.4 is 0 Å². The van der Waals surface area contributed by atoms with Crippen molar-refractivity contribution in [2.24, 2.45) is 0 Å². The van der Waals surface area contributed by atoms with Gasteiger partial charge in [0.15, 0.2) is 0 Å². The Labute approximate surface area is 94.4 Å². The SMILES string of the molecule is CC(=O)OO[C@H]1C(=O)OC(=O)[C@@H]1OOC(C)=O. The minimum atomic E-state index is -1.63. The molecule has 17 heavy (non-hydrogen) atoms. The molecule has 0 radical (unpaired) electrons. The molecular weight excluding hydrogens is 240 g/mol. The van der Waals surface area contributed by atoms with Crippen LogP contribution in [0.3, 0.4) is 0 Å². The van der Waals surface area contributed by atoms with Crippen molar-refractivity contribution in [1.29, 1.82) is 0 Å². The Kier molecular flexibility index (Phi) is 4.12. The van der Waals surface area contributed by atoms with Gasteiger partial charge in [-0.3, -0.25) is 9.78 Å². The summed E-state index contributed by atoms with van der Waals surface area (Å²) in [4.78, 5) is 59.8. The molecule has 0 bridgehead atoms. The number of cyclic esters (lactones) is 2. The van der Waals surface area contributed by atoms with Crippen LogP contribution in [0, 0.1) is 0 Å². The van der Waals surface area contributed by atoms with E-state index < -0.39 is 36.1 Å². The van der Waals surface area contributed by atoms with Gasteiger partial charge in [0.05, 0.1) is 0 Å². The molecule has 0 aromatic heterocycles. The molecule has 2 atom stereocenters. The van der Waals surface area contributed by atoms with E-state index >= 15 is 0 Å². The number of carbonyl (C=O) groups is 4. The summed E-state index contributed by atoms with van der Waals surface area (Å²) < 4.78 is 4.14. The first-order valence-electron chi connectivity index (χ1n) is 4.35. The molecule has 1 fully saturated rings. The van der Waals surface area contributed by atoms with E-state index in [0.29, 0.717) is 0 Å². The molecule has 0 aromatic carbocycles. The first-order valence-corrected chi connectivity index (χ1v) is 4.35. The molecule has 0 aliphatic carbocycles. The summed E-state index contributed by atoms with van der Waals surface area (Å²) in [6, 6.07) is 0. The predicted octanol–water partition coefficient (Wildman–Crippen LogP) is -1.20. The number of ether oxygens (including phenoxy) is 1. The standard InChI is InChI=1S/C8H8O9/c1-3(9)14-16-5-6(17-15-4(2)10)8(12)13-7(5)11/h5-6H,1-2H3/t5-,6-/m1/s1. The second-order valence-corrected chi connectivity index (χ2v) is 2.92. The number of esters is 2. The zero-order chi connectivity index (χ0) is 13.0. The van der Waals surface area contributed by atoms with Gasteiger partial charge in [-0.15, -0.1) is 0 Å². The number of hydrogen-bond donors (Lipinski definition) is 0. The lowest BCUT2D eigenvalue weighted by Gasteiger charge is -2.10. The maximum atomic E-state index is 11.1. The van der Waals surface area contributed by atoms with Gasteiger partial charge in [0, 0.05) is 13.8 Å². The monoisotopic (exact) mass is 248 g/mol. The molecule has 0 saturated carbocycles. The molecule has 1 saturated heterocycles. The lowest BCUT2D eigenvalue weighted by Crippen LogP contribution is -2.35. The van der Waals surface area contributed by atoms with Gasteiger partial charge in [0.25, 0.3) is 0 Å². The molecule has 9 heteroatoms. The van der Waals surface area contributed by atoms with Crippen molar-refractivity contribution in [1.82, 2.24) is 0 Å². The van der Waals surface area contributed by atoms with Crippen LogP contribution in [-0.4, -0.2) is 36.1 Å². The van der Waals surface area contributed by atoms with Gasteiger partial charge in [0.1, 0.15) is 0 Å². The third kappa shape index (κ3) is 3.50. The van der Waals surface area contributed by atoms with Crippen LogP contribution in [0.1, 0.15) is 13.8 Å². The molecular formula is C8H8O9. The maximum absolute atomic E-state index is 11.1. The van der Waals surface area contributed by atoms with Gasteiger partial charge in [-0.05, 0) is 0 Å². The van der Waals surface area contributed by atoms with Crippen LogP contribution in [-0.2, 0) is 43.5 Å². The van der Waals surface area contributed by atoms with E-state index in [1.165, 1.54) is 0 Å². The fraction of sp³-hybridized carbons (Fsp3) is 0.500. The van der Waals surface area contributed by atoms with Crippen LogP contribution >= 0.6 is 0 Å². The van der Waals surface area contributed by atoms with E-state index in [2.05, 4.69) is 24.3 Å². The van der Waals surface area contributed by atoms with Gasteiger partial charge < -0.3 is 4.74 Å². The normalized spacial score (nSPS) is 23.2. The van der Waals surface area contributed by atoms with E-state index in [1.54, 1.807) is 0 Å². The summed E-state index contributed by atoms with van der Waals surface area (Å²) in [7, 11) is 0. The van der Waals surface area contributed by atoms with E-state index in [0.717, 1.165) is 13.8 Å². The Morgan fingerprint density at radius 1 is 0.941 bits per heavy atom. The van der Waals surface area contributed by atoms with Crippen molar-refractivity contribution in [2.75, 3.05) is 0 Å². The topological polar surface area (TPSA) is 114 Å². The Morgan fingerprint density at radius 2 is 1.29 bits per heavy atom. The molecule has 1 aliphatic rings. The Balaban J connectivity index is 2.62. The molecule has 0 N–H and O–H groups in total. The van der Waals surface area contributed by atoms with Gasteiger partial charge >= 0.3 is 23.9 Å². The van der Waals surface area contributed by atoms with Gasteiger partial charge in [-0.1, -0.05) is 0 Å². The second-order valence-electron chi connectivity index (χ2n) is 2.92. The van der Waals surface area contributed by atoms with E-state index in [9.17, 15) is 19.2 Å². The minimum Gasteiger partial charge on any atom is -0.389 e. The lowest BCUT2D eigenvalue weighted by molar-refractivity contribution is -0.340. The fourth-order valence-electron chi connectivity index (χ4n) is 0.881. The highest BCUT2D eigenvalue weighted by Gasteiger charge is 2.50. The van der Waals surface area contributed by atoms with Crippen LogP contribution in [0.2, 0.25) is 0 Å². The summed E-state index contributed by atoms with van der Waals surface area (Å²) in [6.45, 7) is 2.04. The van der Waals surface area contributed by atoms with Gasteiger partial charge in [-0.25, -0.2) is 19.2 Å². The van der Waals surface area contributed by atoms with Crippen molar-refractivity contribution in [3.8, 4) is 0 Å². The summed E-state index contributed by atoms with van der Waals surface area (Å²) in [5.74, 6) is -3.92. The third-order valence-electron chi connectivity index (χ3n) is 1.48. The highest BCUT2D eigenvalue weighted by Crippen LogP contribution is 2.17. The quantitative estimate of drug-likeness (QED) is 0.261. The molecule has 94 valence electrons. The molecule has 9 nitrogen and oxygen atoms in total. The third-order valence-corrected chi connectivity index (χ3v) is 1.48. The highest BCUT2D eigenvalue weighted by molar-refractivity contribution is 5.99. The molecule has 1 rings (SSSR count). The molecule has 1 aliphatic heterocycles. The Bertz CT molecular complexity index is 326. The maximum Gasteiger partial charge on any atom is 0.351 e. The summed E-state index contributed by atoms with van der Waals surface area (Å²) in [5, 5.41) is 0. The molecule has 0 spiro atoms. The summed E-state index contributed by atoms with van der Waals surface area (Å²) in [6.07, 6.45) is -3.27. The average molecular weight is 248 g/mol. The zero-order valence-electron chi connectivity index (χ0n) is 8.83. The summed E-state index contributed by atoms with van der Waals surface area (Å²) >= 11 is 0. The van der Waals surface area contributed by atoms with E-state index in [-0.39, 0.29) is 0 Å². The molecule has 0 unspecified atom stereocenters. The lowest BCUT2D eigenvalue weighted by atomic mass is 10.2. The van der Waals surface area contributed by atoms with Crippen molar-refractivity contribution in [2.45, 2.75) is 26.1 Å². The van der Waals surface area contributed by atoms with Crippen LogP contribution in [0.4, 0.5) is 0 Å². The van der Waals surface area contributed by atoms with E-state index in [4.69, 9.17) is 0 Å². The van der Waals surface area contributed by atoms with Crippen molar-refractivity contribution < 1.29 is 43.5 Å². The van der Waals surface area contributed by atoms with Crippen molar-refractivity contribution in [3.63, 3.8) is 0 Å².